The van der Waals surface area contributed by atoms with Gasteiger partial charge >= 0.3 is 0 Å². The Morgan fingerprint density at radius 3 is 2.24 bits per heavy atom. The number of hydrogen-bond donors (Lipinski definition) is 1. The number of hydrogen-bond acceptors (Lipinski definition) is 4. The second kappa shape index (κ2) is 7.64. The summed E-state index contributed by atoms with van der Waals surface area (Å²) in [6, 6.07) is 11.1. The van der Waals surface area contributed by atoms with E-state index in [1.54, 1.807) is 12.3 Å². The molecule has 112 valence electrons. The van der Waals surface area contributed by atoms with E-state index in [1.165, 1.54) is 0 Å². The number of aliphatic hydroxyl groups excluding tert-OH is 1. The van der Waals surface area contributed by atoms with Crippen LogP contribution in [0.25, 0.3) is 0 Å². The predicted molar refractivity (Wildman–Crippen MR) is 81.8 cm³/mol. The molecular formula is C17H21NO3. The molecule has 1 atom stereocenters. The van der Waals surface area contributed by atoms with Crippen LogP contribution in [0.3, 0.4) is 0 Å². The van der Waals surface area contributed by atoms with Crippen molar-refractivity contribution in [3.63, 3.8) is 0 Å². The van der Waals surface area contributed by atoms with Gasteiger partial charge in [-0.05, 0) is 49.2 Å². The largest absolute Gasteiger partial charge is 0.494 e. The minimum atomic E-state index is -0.519. The standard InChI is InChI=1S/C17H21NO3/c1-3-11-20-13-5-7-14(8-6-13)21-15-9-10-16(18-12-15)17(19)4-2/h5-10,12,17,19H,3-4,11H2,1-2H3. The average molecular weight is 287 g/mol. The van der Waals surface area contributed by atoms with Gasteiger partial charge in [0.05, 0.1) is 24.6 Å². The molecule has 1 aromatic heterocycles. The van der Waals surface area contributed by atoms with Crippen molar-refractivity contribution in [1.82, 2.24) is 4.98 Å². The molecule has 0 saturated carbocycles. The van der Waals surface area contributed by atoms with Gasteiger partial charge in [0.2, 0.25) is 0 Å². The van der Waals surface area contributed by atoms with Crippen LogP contribution in [-0.4, -0.2) is 16.7 Å². The molecule has 0 amide bonds. The van der Waals surface area contributed by atoms with E-state index < -0.39 is 6.10 Å². The molecule has 0 aliphatic carbocycles. The first-order chi connectivity index (χ1) is 10.2. The summed E-state index contributed by atoms with van der Waals surface area (Å²) in [4.78, 5) is 4.20. The fourth-order valence-electron chi connectivity index (χ4n) is 1.82. The molecule has 0 aliphatic heterocycles. The fourth-order valence-corrected chi connectivity index (χ4v) is 1.82. The van der Waals surface area contributed by atoms with Gasteiger partial charge in [-0.15, -0.1) is 0 Å². The monoisotopic (exact) mass is 287 g/mol. The number of aromatic nitrogens is 1. The Balaban J connectivity index is 1.97. The van der Waals surface area contributed by atoms with Gasteiger partial charge in [-0.2, -0.15) is 0 Å². The van der Waals surface area contributed by atoms with E-state index in [0.29, 0.717) is 24.5 Å². The van der Waals surface area contributed by atoms with Crippen molar-refractivity contribution in [2.75, 3.05) is 6.61 Å². The third-order valence-corrected chi connectivity index (χ3v) is 3.02. The summed E-state index contributed by atoms with van der Waals surface area (Å²) >= 11 is 0. The number of pyridine rings is 1. The molecule has 4 nitrogen and oxygen atoms in total. The van der Waals surface area contributed by atoms with E-state index >= 15 is 0 Å². The molecule has 1 N–H and O–H groups in total. The normalized spacial score (nSPS) is 12.0. The number of ether oxygens (including phenoxy) is 2. The van der Waals surface area contributed by atoms with E-state index in [2.05, 4.69) is 11.9 Å². The fraction of sp³-hybridized carbons (Fsp3) is 0.353. The number of aliphatic hydroxyl groups is 1. The maximum absolute atomic E-state index is 9.69. The molecule has 2 aromatic rings. The summed E-state index contributed by atoms with van der Waals surface area (Å²) in [5, 5.41) is 9.69. The zero-order valence-corrected chi connectivity index (χ0v) is 12.5. The Labute approximate surface area is 125 Å². The molecule has 1 aromatic carbocycles. The molecule has 0 bridgehead atoms. The quantitative estimate of drug-likeness (QED) is 0.832. The first-order valence-electron chi connectivity index (χ1n) is 7.27. The van der Waals surface area contributed by atoms with Crippen molar-refractivity contribution in [2.45, 2.75) is 32.8 Å². The Kier molecular flexibility index (Phi) is 5.58. The Morgan fingerprint density at radius 1 is 1.00 bits per heavy atom. The topological polar surface area (TPSA) is 51.6 Å². The summed E-state index contributed by atoms with van der Waals surface area (Å²) < 4.78 is 11.2. The molecule has 4 heteroatoms. The zero-order valence-electron chi connectivity index (χ0n) is 12.5. The molecule has 0 radical (unpaired) electrons. The van der Waals surface area contributed by atoms with E-state index in [0.717, 1.165) is 17.9 Å². The van der Waals surface area contributed by atoms with Crippen LogP contribution >= 0.6 is 0 Å². The van der Waals surface area contributed by atoms with Gasteiger partial charge in [0.1, 0.15) is 17.2 Å². The van der Waals surface area contributed by atoms with Crippen LogP contribution < -0.4 is 9.47 Å². The van der Waals surface area contributed by atoms with Crippen LogP contribution in [0.1, 0.15) is 38.5 Å². The second-order valence-electron chi connectivity index (χ2n) is 4.76. The van der Waals surface area contributed by atoms with Crippen molar-refractivity contribution in [1.29, 1.82) is 0 Å². The summed E-state index contributed by atoms with van der Waals surface area (Å²) in [5.74, 6) is 2.21. The third kappa shape index (κ3) is 4.46. The van der Waals surface area contributed by atoms with Crippen molar-refractivity contribution < 1.29 is 14.6 Å². The number of rotatable bonds is 7. The minimum absolute atomic E-state index is 0.519. The van der Waals surface area contributed by atoms with Gasteiger partial charge in [0.25, 0.3) is 0 Å². The SMILES string of the molecule is CCCOc1ccc(Oc2ccc(C(O)CC)nc2)cc1. The van der Waals surface area contributed by atoms with Crippen LogP contribution in [0.2, 0.25) is 0 Å². The molecule has 21 heavy (non-hydrogen) atoms. The summed E-state index contributed by atoms with van der Waals surface area (Å²) in [5.41, 5.74) is 0.660. The maximum Gasteiger partial charge on any atom is 0.145 e. The molecule has 0 aliphatic rings. The first-order valence-corrected chi connectivity index (χ1v) is 7.27. The summed E-state index contributed by atoms with van der Waals surface area (Å²) in [6.07, 6.45) is 2.73. The summed E-state index contributed by atoms with van der Waals surface area (Å²) in [6.45, 7) is 4.70. The first kappa shape index (κ1) is 15.3. The average Bonchev–Trinajstić information content (AvgIpc) is 2.54. The molecule has 1 unspecified atom stereocenters. The molecular weight excluding hydrogens is 266 g/mol. The molecule has 1 heterocycles. The minimum Gasteiger partial charge on any atom is -0.494 e. The van der Waals surface area contributed by atoms with Gasteiger partial charge in [0, 0.05) is 0 Å². The van der Waals surface area contributed by atoms with Crippen LogP contribution in [0.5, 0.6) is 17.2 Å². The van der Waals surface area contributed by atoms with Crippen molar-refractivity contribution in [2.24, 2.45) is 0 Å². The van der Waals surface area contributed by atoms with Crippen LogP contribution in [0.15, 0.2) is 42.6 Å². The molecule has 2 rings (SSSR count). The van der Waals surface area contributed by atoms with E-state index in [1.807, 2.05) is 37.3 Å². The van der Waals surface area contributed by atoms with Gasteiger partial charge in [-0.25, -0.2) is 0 Å². The van der Waals surface area contributed by atoms with E-state index in [4.69, 9.17) is 9.47 Å². The molecule has 0 spiro atoms. The third-order valence-electron chi connectivity index (χ3n) is 3.02. The number of benzene rings is 1. The summed E-state index contributed by atoms with van der Waals surface area (Å²) in [7, 11) is 0. The lowest BCUT2D eigenvalue weighted by Gasteiger charge is -2.10. The molecule has 0 fully saturated rings. The highest BCUT2D eigenvalue weighted by atomic mass is 16.5. The van der Waals surface area contributed by atoms with Gasteiger partial charge in [-0.1, -0.05) is 13.8 Å². The van der Waals surface area contributed by atoms with Crippen LogP contribution in [-0.2, 0) is 0 Å². The van der Waals surface area contributed by atoms with E-state index in [9.17, 15) is 5.11 Å². The highest BCUT2D eigenvalue weighted by Gasteiger charge is 2.06. The zero-order chi connectivity index (χ0) is 15.1. The lowest BCUT2D eigenvalue weighted by Crippen LogP contribution is -1.98. The van der Waals surface area contributed by atoms with Crippen LogP contribution in [0, 0.1) is 0 Å². The lowest BCUT2D eigenvalue weighted by molar-refractivity contribution is 0.169. The molecule has 0 saturated heterocycles. The van der Waals surface area contributed by atoms with Crippen molar-refractivity contribution >= 4 is 0 Å². The van der Waals surface area contributed by atoms with Gasteiger partial charge < -0.3 is 14.6 Å². The Hall–Kier alpha value is -2.07. The maximum atomic E-state index is 9.69. The van der Waals surface area contributed by atoms with Crippen molar-refractivity contribution in [3.8, 4) is 17.2 Å². The smallest absolute Gasteiger partial charge is 0.145 e. The Bertz CT molecular complexity index is 537. The highest BCUT2D eigenvalue weighted by Crippen LogP contribution is 2.24. The number of nitrogens with zero attached hydrogens (tertiary/aromatic N) is 1. The van der Waals surface area contributed by atoms with Gasteiger partial charge in [0.15, 0.2) is 0 Å². The highest BCUT2D eigenvalue weighted by molar-refractivity contribution is 5.34. The second-order valence-corrected chi connectivity index (χ2v) is 4.76. The lowest BCUT2D eigenvalue weighted by atomic mass is 10.2. The van der Waals surface area contributed by atoms with E-state index in [-0.39, 0.29) is 0 Å². The Morgan fingerprint density at radius 2 is 1.67 bits per heavy atom. The van der Waals surface area contributed by atoms with Crippen molar-refractivity contribution in [3.05, 3.63) is 48.3 Å². The van der Waals surface area contributed by atoms with Crippen LogP contribution in [0.4, 0.5) is 0 Å². The van der Waals surface area contributed by atoms with Gasteiger partial charge in [-0.3, -0.25) is 4.98 Å². The predicted octanol–water partition coefficient (Wildman–Crippen LogP) is 4.11.